The summed E-state index contributed by atoms with van der Waals surface area (Å²) in [6, 6.07) is 3.97. The van der Waals surface area contributed by atoms with Gasteiger partial charge in [-0.05, 0) is 35.6 Å². The number of aliphatic hydroxyl groups is 1. The van der Waals surface area contributed by atoms with Crippen LogP contribution in [0.1, 0.15) is 61.6 Å². The molecule has 2 aromatic rings. The van der Waals surface area contributed by atoms with Crippen LogP contribution in [0.3, 0.4) is 0 Å². The molecule has 0 aromatic carbocycles. The lowest BCUT2D eigenvalue weighted by Gasteiger charge is -2.26. The van der Waals surface area contributed by atoms with Gasteiger partial charge in [-0.15, -0.1) is 0 Å². The number of nitrogens with zero attached hydrogens (tertiary/aromatic N) is 3. The summed E-state index contributed by atoms with van der Waals surface area (Å²) in [5, 5.41) is 10.7. The Bertz CT molecular complexity index is 808. The molecule has 2 rings (SSSR count). The van der Waals surface area contributed by atoms with Crippen LogP contribution in [0.5, 0.6) is 0 Å². The van der Waals surface area contributed by atoms with E-state index in [0.29, 0.717) is 24.1 Å². The fourth-order valence-electron chi connectivity index (χ4n) is 3.10. The summed E-state index contributed by atoms with van der Waals surface area (Å²) >= 11 is 0. The smallest absolute Gasteiger partial charge is 0.386 e. The summed E-state index contributed by atoms with van der Waals surface area (Å²) in [5.41, 5.74) is 1.03. The third-order valence-electron chi connectivity index (χ3n) is 4.58. The van der Waals surface area contributed by atoms with E-state index in [1.807, 2.05) is 26.8 Å². The second-order valence-corrected chi connectivity index (χ2v) is 7.24. The van der Waals surface area contributed by atoms with Gasteiger partial charge in [-0.2, -0.15) is 13.2 Å². The van der Waals surface area contributed by atoms with Gasteiger partial charge in [0.05, 0.1) is 19.1 Å². The molecular formula is C21H26F3N3O2. The number of alkyl halides is 3. The molecule has 0 aliphatic carbocycles. The van der Waals surface area contributed by atoms with Crippen molar-refractivity contribution in [3.8, 4) is 0 Å². The average molecular weight is 409 g/mol. The molecule has 1 amide bonds. The third-order valence-corrected chi connectivity index (χ3v) is 4.58. The van der Waals surface area contributed by atoms with E-state index in [2.05, 4.69) is 9.97 Å². The molecular weight excluding hydrogens is 383 g/mol. The van der Waals surface area contributed by atoms with Crippen LogP contribution in [0.2, 0.25) is 0 Å². The maximum Gasteiger partial charge on any atom is 0.433 e. The Morgan fingerprint density at radius 3 is 2.45 bits per heavy atom. The Morgan fingerprint density at radius 2 is 1.90 bits per heavy atom. The molecule has 2 aromatic heterocycles. The van der Waals surface area contributed by atoms with E-state index in [1.165, 1.54) is 11.0 Å². The van der Waals surface area contributed by atoms with Crippen LogP contribution < -0.4 is 0 Å². The average Bonchev–Trinajstić information content (AvgIpc) is 2.67. The molecule has 1 atom stereocenters. The predicted molar refractivity (Wildman–Crippen MR) is 103 cm³/mol. The number of pyridine rings is 2. The molecule has 2 heterocycles. The maximum atomic E-state index is 12.7. The highest BCUT2D eigenvalue weighted by Gasteiger charge is 2.32. The number of aromatic nitrogens is 2. The summed E-state index contributed by atoms with van der Waals surface area (Å²) in [6.07, 6.45) is -0.470. The van der Waals surface area contributed by atoms with Crippen LogP contribution in [0, 0.1) is 0 Å². The van der Waals surface area contributed by atoms with Gasteiger partial charge in [0, 0.05) is 30.7 Å². The Kier molecular flexibility index (Phi) is 7.73. The molecule has 0 saturated heterocycles. The van der Waals surface area contributed by atoms with Crippen LogP contribution in [-0.2, 0) is 17.4 Å². The summed E-state index contributed by atoms with van der Waals surface area (Å²) in [6.45, 7) is 6.46. The van der Waals surface area contributed by atoms with Crippen molar-refractivity contribution >= 4 is 5.91 Å². The van der Waals surface area contributed by atoms with Crippen LogP contribution in [0.4, 0.5) is 13.2 Å². The molecule has 5 nitrogen and oxygen atoms in total. The first-order chi connectivity index (χ1) is 13.6. The summed E-state index contributed by atoms with van der Waals surface area (Å²) in [5.74, 6) is -0.0846. The Hall–Kier alpha value is -2.48. The fraction of sp³-hybridized carbons (Fsp3) is 0.476. The van der Waals surface area contributed by atoms with Gasteiger partial charge < -0.3 is 10.0 Å². The van der Waals surface area contributed by atoms with Gasteiger partial charge in [-0.3, -0.25) is 14.8 Å². The first kappa shape index (κ1) is 22.8. The number of amides is 1. The van der Waals surface area contributed by atoms with Crippen LogP contribution in [-0.4, -0.2) is 39.0 Å². The predicted octanol–water partition coefficient (Wildman–Crippen LogP) is 4.13. The van der Waals surface area contributed by atoms with E-state index >= 15 is 0 Å². The van der Waals surface area contributed by atoms with Gasteiger partial charge in [-0.1, -0.05) is 26.8 Å². The standard InChI is InChI=1S/C21H26F3N3O2/c1-4-9-27(13-18(28)17-12-25-8-7-16(17)14(2)3)20(29)10-15-5-6-19(26-11-15)21(22,23)24/h5-8,11-12,14,18,28H,4,9-10,13H2,1-3H3. The number of hydrogen-bond acceptors (Lipinski definition) is 4. The van der Waals surface area contributed by atoms with E-state index in [4.69, 9.17) is 0 Å². The molecule has 0 saturated carbocycles. The lowest BCUT2D eigenvalue weighted by Crippen LogP contribution is -2.36. The zero-order valence-corrected chi connectivity index (χ0v) is 16.8. The number of halogens is 3. The van der Waals surface area contributed by atoms with E-state index < -0.39 is 18.0 Å². The zero-order chi connectivity index (χ0) is 21.6. The van der Waals surface area contributed by atoms with Crippen molar-refractivity contribution in [2.75, 3.05) is 13.1 Å². The second-order valence-electron chi connectivity index (χ2n) is 7.24. The minimum atomic E-state index is -4.52. The minimum absolute atomic E-state index is 0.0814. The number of rotatable bonds is 8. The molecule has 0 radical (unpaired) electrons. The number of aliphatic hydroxyl groups excluding tert-OH is 1. The van der Waals surface area contributed by atoms with Crippen molar-refractivity contribution in [3.05, 3.63) is 59.2 Å². The van der Waals surface area contributed by atoms with Crippen molar-refractivity contribution in [3.63, 3.8) is 0 Å². The largest absolute Gasteiger partial charge is 0.433 e. The highest BCUT2D eigenvalue weighted by Crippen LogP contribution is 2.27. The molecule has 1 unspecified atom stereocenters. The molecule has 0 aliphatic rings. The molecule has 29 heavy (non-hydrogen) atoms. The third kappa shape index (κ3) is 6.25. The molecule has 8 heteroatoms. The fourth-order valence-corrected chi connectivity index (χ4v) is 3.10. The van der Waals surface area contributed by atoms with E-state index in [0.717, 1.165) is 17.8 Å². The molecule has 158 valence electrons. The topological polar surface area (TPSA) is 66.3 Å². The first-order valence-corrected chi connectivity index (χ1v) is 9.55. The van der Waals surface area contributed by atoms with Gasteiger partial charge in [0.25, 0.3) is 0 Å². The van der Waals surface area contributed by atoms with E-state index in [-0.39, 0.29) is 24.8 Å². The summed E-state index contributed by atoms with van der Waals surface area (Å²) in [7, 11) is 0. The van der Waals surface area contributed by atoms with Crippen LogP contribution in [0.15, 0.2) is 36.8 Å². The maximum absolute atomic E-state index is 12.7. The lowest BCUT2D eigenvalue weighted by atomic mass is 9.95. The normalized spacial score (nSPS) is 12.8. The minimum Gasteiger partial charge on any atom is -0.386 e. The van der Waals surface area contributed by atoms with Crippen molar-refractivity contribution in [2.24, 2.45) is 0 Å². The van der Waals surface area contributed by atoms with E-state index in [1.54, 1.807) is 12.4 Å². The van der Waals surface area contributed by atoms with Gasteiger partial charge in [-0.25, -0.2) is 0 Å². The zero-order valence-electron chi connectivity index (χ0n) is 16.8. The summed E-state index contributed by atoms with van der Waals surface area (Å²) in [4.78, 5) is 21.7. The van der Waals surface area contributed by atoms with Crippen molar-refractivity contribution in [1.82, 2.24) is 14.9 Å². The van der Waals surface area contributed by atoms with Gasteiger partial charge in [0.2, 0.25) is 5.91 Å². The van der Waals surface area contributed by atoms with Crippen molar-refractivity contribution in [1.29, 1.82) is 0 Å². The Labute approximate surface area is 168 Å². The van der Waals surface area contributed by atoms with Crippen LogP contribution >= 0.6 is 0 Å². The highest BCUT2D eigenvalue weighted by atomic mass is 19.4. The second kappa shape index (κ2) is 9.82. The molecule has 0 aliphatic heterocycles. The van der Waals surface area contributed by atoms with Gasteiger partial charge in [0.15, 0.2) is 0 Å². The van der Waals surface area contributed by atoms with Crippen LogP contribution in [0.25, 0.3) is 0 Å². The number of hydrogen-bond donors (Lipinski definition) is 1. The SMILES string of the molecule is CCCN(CC(O)c1cnccc1C(C)C)C(=O)Cc1ccc(C(F)(F)F)nc1. The quantitative estimate of drug-likeness (QED) is 0.712. The lowest BCUT2D eigenvalue weighted by molar-refractivity contribution is -0.141. The van der Waals surface area contributed by atoms with Crippen molar-refractivity contribution in [2.45, 2.75) is 51.8 Å². The summed E-state index contributed by atoms with van der Waals surface area (Å²) < 4.78 is 37.9. The molecule has 0 spiro atoms. The van der Waals surface area contributed by atoms with Gasteiger partial charge in [0.1, 0.15) is 5.69 Å². The molecule has 0 bridgehead atoms. The number of carbonyl (C=O) groups is 1. The van der Waals surface area contributed by atoms with E-state index in [9.17, 15) is 23.1 Å². The van der Waals surface area contributed by atoms with Gasteiger partial charge >= 0.3 is 6.18 Å². The first-order valence-electron chi connectivity index (χ1n) is 9.55. The number of carbonyl (C=O) groups excluding carboxylic acids is 1. The highest BCUT2D eigenvalue weighted by molar-refractivity contribution is 5.78. The molecule has 0 fully saturated rings. The Balaban J connectivity index is 2.11. The van der Waals surface area contributed by atoms with Crippen molar-refractivity contribution < 1.29 is 23.1 Å². The monoisotopic (exact) mass is 409 g/mol. The molecule has 1 N–H and O–H groups in total. The Morgan fingerprint density at radius 1 is 1.17 bits per heavy atom.